The number of rotatable bonds is 2. The number of carbonyl (C=O) groups excluding carboxylic acids is 1. The largest absolute Gasteiger partial charge is 0.495 e. The number of anilines is 1. The van der Waals surface area contributed by atoms with Crippen molar-refractivity contribution in [3.63, 3.8) is 0 Å². The Morgan fingerprint density at radius 3 is 2.74 bits per heavy atom. The molecule has 1 fully saturated rings. The second-order valence-corrected chi connectivity index (χ2v) is 5.45. The Morgan fingerprint density at radius 2 is 2.11 bits per heavy atom. The van der Waals surface area contributed by atoms with Crippen molar-refractivity contribution < 1.29 is 9.53 Å². The van der Waals surface area contributed by atoms with Gasteiger partial charge >= 0.3 is 0 Å². The number of piperidine rings is 1. The molecule has 4 heteroatoms. The Morgan fingerprint density at radius 1 is 1.37 bits per heavy atom. The molecule has 1 aliphatic heterocycles. The number of hydrogen-bond donors (Lipinski definition) is 1. The highest BCUT2D eigenvalue weighted by Crippen LogP contribution is 2.26. The van der Waals surface area contributed by atoms with Crippen molar-refractivity contribution in [3.05, 3.63) is 23.8 Å². The first-order valence-corrected chi connectivity index (χ1v) is 6.75. The third kappa shape index (κ3) is 2.83. The lowest BCUT2D eigenvalue weighted by molar-refractivity contribution is 0.0627. The van der Waals surface area contributed by atoms with E-state index in [0.29, 0.717) is 28.8 Å². The van der Waals surface area contributed by atoms with Crippen LogP contribution in [0.25, 0.3) is 0 Å². The number of ether oxygens (including phenoxy) is 1. The van der Waals surface area contributed by atoms with E-state index < -0.39 is 0 Å². The van der Waals surface area contributed by atoms with Crippen LogP contribution in [0.15, 0.2) is 18.2 Å². The van der Waals surface area contributed by atoms with Gasteiger partial charge in [0.1, 0.15) is 5.75 Å². The van der Waals surface area contributed by atoms with Gasteiger partial charge in [-0.2, -0.15) is 0 Å². The van der Waals surface area contributed by atoms with Gasteiger partial charge in [-0.05, 0) is 36.5 Å². The summed E-state index contributed by atoms with van der Waals surface area (Å²) in [4.78, 5) is 14.4. The summed E-state index contributed by atoms with van der Waals surface area (Å²) in [6.07, 6.45) is 1.07. The number of nitrogen functional groups attached to an aromatic ring is 1. The van der Waals surface area contributed by atoms with Crippen molar-refractivity contribution in [3.8, 4) is 5.75 Å². The van der Waals surface area contributed by atoms with E-state index in [1.54, 1.807) is 25.3 Å². The highest BCUT2D eigenvalue weighted by atomic mass is 16.5. The van der Waals surface area contributed by atoms with E-state index in [1.165, 1.54) is 0 Å². The van der Waals surface area contributed by atoms with Crippen LogP contribution in [0.2, 0.25) is 0 Å². The Balaban J connectivity index is 2.15. The van der Waals surface area contributed by atoms with Crippen molar-refractivity contribution in [2.75, 3.05) is 25.9 Å². The fourth-order valence-electron chi connectivity index (χ4n) is 2.47. The molecule has 104 valence electrons. The summed E-state index contributed by atoms with van der Waals surface area (Å²) in [6, 6.07) is 5.21. The van der Waals surface area contributed by atoms with Gasteiger partial charge in [0, 0.05) is 18.7 Å². The van der Waals surface area contributed by atoms with Crippen molar-refractivity contribution in [2.45, 2.75) is 20.3 Å². The summed E-state index contributed by atoms with van der Waals surface area (Å²) in [6.45, 7) is 6.11. The molecule has 0 radical (unpaired) electrons. The van der Waals surface area contributed by atoms with Gasteiger partial charge in [0.05, 0.1) is 12.8 Å². The number of benzene rings is 1. The molecule has 0 aliphatic carbocycles. The topological polar surface area (TPSA) is 55.6 Å². The maximum absolute atomic E-state index is 12.5. The summed E-state index contributed by atoms with van der Waals surface area (Å²) in [7, 11) is 1.56. The Labute approximate surface area is 114 Å². The molecule has 0 saturated carbocycles. The average molecular weight is 262 g/mol. The van der Waals surface area contributed by atoms with E-state index in [4.69, 9.17) is 10.5 Å². The zero-order valence-electron chi connectivity index (χ0n) is 11.8. The molecule has 2 atom stereocenters. The van der Waals surface area contributed by atoms with Crippen LogP contribution in [0.1, 0.15) is 30.6 Å². The molecule has 1 aromatic carbocycles. The first-order chi connectivity index (χ1) is 9.02. The molecule has 1 amide bonds. The lowest BCUT2D eigenvalue weighted by atomic mass is 9.88. The SMILES string of the molecule is COc1cc(C(=O)N2CCC(C)C(C)C2)ccc1N. The minimum Gasteiger partial charge on any atom is -0.495 e. The van der Waals surface area contributed by atoms with Crippen molar-refractivity contribution >= 4 is 11.6 Å². The van der Waals surface area contributed by atoms with Gasteiger partial charge in [-0.3, -0.25) is 4.79 Å². The summed E-state index contributed by atoms with van der Waals surface area (Å²) in [5, 5.41) is 0. The predicted octanol–water partition coefficient (Wildman–Crippen LogP) is 2.40. The third-order valence-corrected chi connectivity index (χ3v) is 4.10. The number of amides is 1. The molecular formula is C15H22N2O2. The highest BCUT2D eigenvalue weighted by Gasteiger charge is 2.26. The highest BCUT2D eigenvalue weighted by molar-refractivity contribution is 5.95. The minimum absolute atomic E-state index is 0.0667. The second-order valence-electron chi connectivity index (χ2n) is 5.45. The zero-order chi connectivity index (χ0) is 14.0. The molecular weight excluding hydrogens is 240 g/mol. The first-order valence-electron chi connectivity index (χ1n) is 6.75. The van der Waals surface area contributed by atoms with Gasteiger partial charge in [-0.1, -0.05) is 13.8 Å². The fourth-order valence-corrected chi connectivity index (χ4v) is 2.47. The molecule has 1 aromatic rings. The van der Waals surface area contributed by atoms with Crippen LogP contribution in [0, 0.1) is 11.8 Å². The van der Waals surface area contributed by atoms with Crippen LogP contribution in [-0.2, 0) is 0 Å². The van der Waals surface area contributed by atoms with Crippen LogP contribution in [0.3, 0.4) is 0 Å². The minimum atomic E-state index is 0.0667. The molecule has 2 N–H and O–H groups in total. The van der Waals surface area contributed by atoms with Crippen LogP contribution in [0.5, 0.6) is 5.75 Å². The second kappa shape index (κ2) is 5.51. The van der Waals surface area contributed by atoms with Gasteiger partial charge in [0.2, 0.25) is 0 Å². The number of carbonyl (C=O) groups is 1. The van der Waals surface area contributed by atoms with E-state index in [9.17, 15) is 4.79 Å². The van der Waals surface area contributed by atoms with Crippen molar-refractivity contribution in [1.82, 2.24) is 4.90 Å². The Hall–Kier alpha value is -1.71. The van der Waals surface area contributed by atoms with Crippen LogP contribution in [-0.4, -0.2) is 31.0 Å². The van der Waals surface area contributed by atoms with Crippen LogP contribution in [0.4, 0.5) is 5.69 Å². The van der Waals surface area contributed by atoms with Gasteiger partial charge < -0.3 is 15.4 Å². The molecule has 2 rings (SSSR count). The third-order valence-electron chi connectivity index (χ3n) is 4.10. The van der Waals surface area contributed by atoms with E-state index in [-0.39, 0.29) is 5.91 Å². The fraction of sp³-hybridized carbons (Fsp3) is 0.533. The van der Waals surface area contributed by atoms with Crippen LogP contribution >= 0.6 is 0 Å². The molecule has 0 bridgehead atoms. The van der Waals surface area contributed by atoms with Gasteiger partial charge in [-0.15, -0.1) is 0 Å². The molecule has 0 spiro atoms. The van der Waals surface area contributed by atoms with Gasteiger partial charge in [0.15, 0.2) is 0 Å². The van der Waals surface area contributed by atoms with Crippen LogP contribution < -0.4 is 10.5 Å². The van der Waals surface area contributed by atoms with E-state index >= 15 is 0 Å². The zero-order valence-corrected chi connectivity index (χ0v) is 11.8. The van der Waals surface area contributed by atoms with E-state index in [1.807, 2.05) is 4.90 Å². The van der Waals surface area contributed by atoms with Crippen molar-refractivity contribution in [1.29, 1.82) is 0 Å². The summed E-state index contributed by atoms with van der Waals surface area (Å²) < 4.78 is 5.17. The normalized spacial score (nSPS) is 23.2. The maximum Gasteiger partial charge on any atom is 0.253 e. The lowest BCUT2D eigenvalue weighted by Crippen LogP contribution is -2.42. The summed E-state index contributed by atoms with van der Waals surface area (Å²) in [5.74, 6) is 1.86. The molecule has 4 nitrogen and oxygen atoms in total. The Kier molecular flexibility index (Phi) is 3.98. The molecule has 1 aliphatic rings. The first kappa shape index (κ1) is 13.7. The monoisotopic (exact) mass is 262 g/mol. The number of nitrogens with two attached hydrogens (primary N) is 1. The molecule has 0 aromatic heterocycles. The quantitative estimate of drug-likeness (QED) is 0.833. The lowest BCUT2D eigenvalue weighted by Gasteiger charge is -2.35. The Bertz CT molecular complexity index is 473. The number of methoxy groups -OCH3 is 1. The van der Waals surface area contributed by atoms with Crippen molar-refractivity contribution in [2.24, 2.45) is 11.8 Å². The van der Waals surface area contributed by atoms with E-state index in [2.05, 4.69) is 13.8 Å². The summed E-state index contributed by atoms with van der Waals surface area (Å²) in [5.41, 5.74) is 6.97. The standard InChI is InChI=1S/C15H22N2O2/c1-10-6-7-17(9-11(10)2)15(18)12-4-5-13(16)14(8-12)19-3/h4-5,8,10-11H,6-7,9,16H2,1-3H3. The van der Waals surface area contributed by atoms with Gasteiger partial charge in [0.25, 0.3) is 5.91 Å². The number of nitrogens with zero attached hydrogens (tertiary/aromatic N) is 1. The number of likely N-dealkylation sites (tertiary alicyclic amines) is 1. The summed E-state index contributed by atoms with van der Waals surface area (Å²) >= 11 is 0. The molecule has 1 heterocycles. The smallest absolute Gasteiger partial charge is 0.253 e. The molecule has 1 saturated heterocycles. The average Bonchev–Trinajstić information content (AvgIpc) is 2.41. The van der Waals surface area contributed by atoms with Gasteiger partial charge in [-0.25, -0.2) is 0 Å². The number of hydrogen-bond acceptors (Lipinski definition) is 3. The molecule has 2 unspecified atom stereocenters. The predicted molar refractivity (Wildman–Crippen MR) is 76.3 cm³/mol. The van der Waals surface area contributed by atoms with E-state index in [0.717, 1.165) is 19.5 Å². The maximum atomic E-state index is 12.5. The molecule has 19 heavy (non-hydrogen) atoms.